The smallest absolute Gasteiger partial charge is 0.363 e. The van der Waals surface area contributed by atoms with Crippen molar-refractivity contribution >= 4 is 50.6 Å². The molecule has 126 valence electrons. The monoisotopic (exact) mass is 372 g/mol. The summed E-state index contributed by atoms with van der Waals surface area (Å²) < 4.78 is 1.47. The molecule has 0 radical (unpaired) electrons. The minimum absolute atomic E-state index is 0.0667. The van der Waals surface area contributed by atoms with Gasteiger partial charge in [-0.15, -0.1) is 0 Å². The van der Waals surface area contributed by atoms with Crippen LogP contribution in [0.1, 0.15) is 6.92 Å². The third-order valence-corrected chi connectivity index (χ3v) is 5.08. The number of anilines is 1. The SMILES string of the molecule is CCNc1nc(Sc2nc3sccn3c2[N+](=O)[O-])nc2ccccc12. The Labute approximate surface area is 150 Å². The maximum Gasteiger partial charge on any atom is 0.363 e. The first-order chi connectivity index (χ1) is 12.2. The van der Waals surface area contributed by atoms with Crippen LogP contribution in [0.4, 0.5) is 11.6 Å². The van der Waals surface area contributed by atoms with Crippen molar-refractivity contribution < 1.29 is 4.92 Å². The molecule has 0 aliphatic carbocycles. The van der Waals surface area contributed by atoms with Gasteiger partial charge in [0.25, 0.3) is 4.96 Å². The van der Waals surface area contributed by atoms with E-state index >= 15 is 0 Å². The average molecular weight is 372 g/mol. The number of rotatable bonds is 5. The molecule has 10 heteroatoms. The topological polar surface area (TPSA) is 98.2 Å². The van der Waals surface area contributed by atoms with Gasteiger partial charge in [0.15, 0.2) is 5.16 Å². The van der Waals surface area contributed by atoms with E-state index in [0.29, 0.717) is 22.5 Å². The van der Waals surface area contributed by atoms with Crippen LogP contribution in [0, 0.1) is 10.1 Å². The van der Waals surface area contributed by atoms with Crippen molar-refractivity contribution in [2.75, 3.05) is 11.9 Å². The molecule has 4 aromatic rings. The lowest BCUT2D eigenvalue weighted by Gasteiger charge is -2.08. The number of benzene rings is 1. The van der Waals surface area contributed by atoms with Gasteiger partial charge in [0.05, 0.1) is 5.52 Å². The predicted octanol–water partition coefficient (Wildman–Crippen LogP) is 3.83. The van der Waals surface area contributed by atoms with E-state index in [1.807, 2.05) is 31.2 Å². The lowest BCUT2D eigenvalue weighted by Crippen LogP contribution is -2.02. The van der Waals surface area contributed by atoms with Gasteiger partial charge in [-0.1, -0.05) is 23.5 Å². The summed E-state index contributed by atoms with van der Waals surface area (Å²) in [6.45, 7) is 2.70. The first-order valence-corrected chi connectivity index (χ1v) is 9.15. The van der Waals surface area contributed by atoms with Crippen molar-refractivity contribution in [3.8, 4) is 0 Å². The molecule has 3 aromatic heterocycles. The van der Waals surface area contributed by atoms with Crippen LogP contribution in [0.15, 0.2) is 46.0 Å². The molecule has 0 bridgehead atoms. The number of para-hydroxylation sites is 1. The van der Waals surface area contributed by atoms with E-state index in [-0.39, 0.29) is 10.8 Å². The van der Waals surface area contributed by atoms with Gasteiger partial charge in [0.1, 0.15) is 12.0 Å². The van der Waals surface area contributed by atoms with Gasteiger partial charge in [-0.05, 0) is 35.7 Å². The molecule has 3 heterocycles. The Hall–Kier alpha value is -2.72. The molecule has 8 nitrogen and oxygen atoms in total. The molecule has 0 fully saturated rings. The Balaban J connectivity index is 1.82. The molecule has 0 amide bonds. The van der Waals surface area contributed by atoms with E-state index < -0.39 is 4.92 Å². The van der Waals surface area contributed by atoms with E-state index in [1.165, 1.54) is 15.7 Å². The second kappa shape index (κ2) is 6.30. The minimum Gasteiger partial charge on any atom is -0.370 e. The number of aromatic nitrogens is 4. The van der Waals surface area contributed by atoms with Crippen molar-refractivity contribution in [1.29, 1.82) is 0 Å². The van der Waals surface area contributed by atoms with Gasteiger partial charge in [0, 0.05) is 17.3 Å². The summed E-state index contributed by atoms with van der Waals surface area (Å²) in [5.41, 5.74) is 0.777. The van der Waals surface area contributed by atoms with Crippen molar-refractivity contribution in [2.45, 2.75) is 17.1 Å². The fourth-order valence-electron chi connectivity index (χ4n) is 2.48. The molecule has 0 atom stereocenters. The summed E-state index contributed by atoms with van der Waals surface area (Å²) in [5, 5.41) is 18.0. The van der Waals surface area contributed by atoms with Gasteiger partial charge < -0.3 is 15.4 Å². The van der Waals surface area contributed by atoms with Crippen LogP contribution in [0.3, 0.4) is 0 Å². The fourth-order valence-corrected chi connectivity index (χ4v) is 4.10. The van der Waals surface area contributed by atoms with Gasteiger partial charge in [-0.3, -0.25) is 0 Å². The Bertz CT molecular complexity index is 1090. The molecule has 25 heavy (non-hydrogen) atoms. The zero-order chi connectivity index (χ0) is 17.4. The number of fused-ring (bicyclic) bond motifs is 2. The highest BCUT2D eigenvalue weighted by molar-refractivity contribution is 7.99. The maximum atomic E-state index is 11.4. The highest BCUT2D eigenvalue weighted by atomic mass is 32.2. The summed E-state index contributed by atoms with van der Waals surface area (Å²) in [6.07, 6.45) is 1.64. The van der Waals surface area contributed by atoms with Crippen LogP contribution in [-0.2, 0) is 0 Å². The largest absolute Gasteiger partial charge is 0.370 e. The first-order valence-electron chi connectivity index (χ1n) is 7.46. The lowest BCUT2D eigenvalue weighted by atomic mass is 10.2. The summed E-state index contributed by atoms with van der Waals surface area (Å²) in [5.74, 6) is 0.641. The summed E-state index contributed by atoms with van der Waals surface area (Å²) >= 11 is 2.44. The molecule has 0 saturated heterocycles. The Morgan fingerprint density at radius 1 is 1.32 bits per heavy atom. The van der Waals surface area contributed by atoms with E-state index in [2.05, 4.69) is 20.3 Å². The molecule has 1 N–H and O–H groups in total. The number of nitrogens with zero attached hydrogens (tertiary/aromatic N) is 5. The second-order valence-electron chi connectivity index (χ2n) is 5.06. The third kappa shape index (κ3) is 2.79. The lowest BCUT2D eigenvalue weighted by molar-refractivity contribution is -0.393. The van der Waals surface area contributed by atoms with Crippen LogP contribution >= 0.6 is 23.1 Å². The van der Waals surface area contributed by atoms with Crippen molar-refractivity contribution in [3.05, 3.63) is 46.0 Å². The molecular weight excluding hydrogens is 360 g/mol. The van der Waals surface area contributed by atoms with E-state index in [1.54, 1.807) is 11.6 Å². The zero-order valence-electron chi connectivity index (χ0n) is 13.0. The fraction of sp³-hybridized carbons (Fsp3) is 0.133. The Morgan fingerprint density at radius 2 is 2.16 bits per heavy atom. The number of hydrogen-bond acceptors (Lipinski definition) is 8. The summed E-state index contributed by atoms with van der Waals surface area (Å²) in [6, 6.07) is 7.65. The average Bonchev–Trinajstić information content (AvgIpc) is 3.15. The van der Waals surface area contributed by atoms with E-state index in [0.717, 1.165) is 22.7 Å². The number of imidazole rings is 1. The summed E-state index contributed by atoms with van der Waals surface area (Å²) in [4.78, 5) is 25.0. The van der Waals surface area contributed by atoms with Crippen LogP contribution in [0.2, 0.25) is 0 Å². The minimum atomic E-state index is -0.429. The second-order valence-corrected chi connectivity index (χ2v) is 6.89. The molecule has 0 aliphatic heterocycles. The Morgan fingerprint density at radius 3 is 2.96 bits per heavy atom. The Kier molecular flexibility index (Phi) is 3.98. The number of hydrogen-bond donors (Lipinski definition) is 1. The molecule has 0 aliphatic rings. The molecule has 1 aromatic carbocycles. The number of nitrogens with one attached hydrogen (secondary N) is 1. The summed E-state index contributed by atoms with van der Waals surface area (Å²) in [7, 11) is 0. The highest BCUT2D eigenvalue weighted by Crippen LogP contribution is 2.36. The van der Waals surface area contributed by atoms with E-state index in [9.17, 15) is 10.1 Å². The molecule has 0 unspecified atom stereocenters. The number of thiazole rings is 1. The molecular formula is C15H12N6O2S2. The predicted molar refractivity (Wildman–Crippen MR) is 97.5 cm³/mol. The van der Waals surface area contributed by atoms with E-state index in [4.69, 9.17) is 0 Å². The van der Waals surface area contributed by atoms with Crippen molar-refractivity contribution in [3.63, 3.8) is 0 Å². The molecule has 0 saturated carbocycles. The van der Waals surface area contributed by atoms with Crippen LogP contribution < -0.4 is 5.32 Å². The van der Waals surface area contributed by atoms with Gasteiger partial charge in [0.2, 0.25) is 5.03 Å². The van der Waals surface area contributed by atoms with Crippen LogP contribution in [-0.4, -0.2) is 30.8 Å². The van der Waals surface area contributed by atoms with Crippen molar-refractivity contribution in [2.24, 2.45) is 0 Å². The number of nitro groups is 1. The molecule has 4 rings (SSSR count). The first kappa shape index (κ1) is 15.8. The quantitative estimate of drug-likeness (QED) is 0.323. The standard InChI is InChI=1S/C15H12N6O2S2/c1-2-16-11-9-5-3-4-6-10(9)17-14(18-11)25-12-13(21(22)23)20-7-8-24-15(20)19-12/h3-8H,2H2,1H3,(H,16,17,18). The van der Waals surface area contributed by atoms with Crippen LogP contribution in [0.25, 0.3) is 15.9 Å². The maximum absolute atomic E-state index is 11.4. The normalized spacial score (nSPS) is 11.2. The highest BCUT2D eigenvalue weighted by Gasteiger charge is 2.25. The zero-order valence-corrected chi connectivity index (χ0v) is 14.7. The van der Waals surface area contributed by atoms with Gasteiger partial charge in [-0.25, -0.2) is 9.97 Å². The van der Waals surface area contributed by atoms with Crippen LogP contribution in [0.5, 0.6) is 0 Å². The van der Waals surface area contributed by atoms with Gasteiger partial charge >= 0.3 is 5.82 Å². The van der Waals surface area contributed by atoms with Gasteiger partial charge in [-0.2, -0.15) is 9.38 Å². The van der Waals surface area contributed by atoms with Crippen molar-refractivity contribution in [1.82, 2.24) is 19.4 Å². The third-order valence-electron chi connectivity index (χ3n) is 3.49. The molecule has 0 spiro atoms.